The molecule has 5 rings (SSSR count). The lowest BCUT2D eigenvalue weighted by molar-refractivity contribution is -0.141. The number of nitrogens with zero attached hydrogens (tertiary/aromatic N) is 2. The average molecular weight is 648 g/mol. The maximum atomic E-state index is 14.9. The van der Waals surface area contributed by atoms with Crippen LogP contribution in [0.4, 0.5) is 0 Å². The molecule has 2 saturated heterocycles. The van der Waals surface area contributed by atoms with Gasteiger partial charge in [-0.25, -0.2) is 8.42 Å². The Bertz CT molecular complexity index is 1490. The van der Waals surface area contributed by atoms with Crippen LogP contribution in [0.15, 0.2) is 66.7 Å². The molecule has 2 aliphatic heterocycles. The number of amides is 1. The summed E-state index contributed by atoms with van der Waals surface area (Å²) in [5.74, 6) is 0.878. The molecule has 1 amide bonds. The molecule has 230 valence electrons. The van der Waals surface area contributed by atoms with Crippen LogP contribution in [0.3, 0.4) is 0 Å². The molecule has 0 aromatic heterocycles. The van der Waals surface area contributed by atoms with Crippen molar-refractivity contribution in [1.29, 1.82) is 0 Å². The Labute approximate surface area is 263 Å². The SMILES string of the molecule is CCOc1ccc(OCC)c(C2(C(=O)N3CCN(S(C)(=O)=O)CC3)NC(c3ccc(Cl)cc3)C(c3ccc(Cl)cc3)N2)c1. The molecule has 0 aliphatic carbocycles. The zero-order chi connectivity index (χ0) is 30.8. The summed E-state index contributed by atoms with van der Waals surface area (Å²) in [7, 11) is -3.38. The van der Waals surface area contributed by atoms with E-state index in [0.717, 1.165) is 11.1 Å². The van der Waals surface area contributed by atoms with E-state index in [1.54, 1.807) is 4.90 Å². The third-order valence-corrected chi connectivity index (χ3v) is 9.62. The highest BCUT2D eigenvalue weighted by molar-refractivity contribution is 7.88. The molecule has 3 aromatic carbocycles. The van der Waals surface area contributed by atoms with E-state index in [2.05, 4.69) is 10.6 Å². The minimum atomic E-state index is -3.38. The van der Waals surface area contributed by atoms with Crippen LogP contribution in [-0.2, 0) is 20.5 Å². The van der Waals surface area contributed by atoms with Crippen molar-refractivity contribution in [1.82, 2.24) is 19.8 Å². The molecule has 2 heterocycles. The molecule has 0 radical (unpaired) electrons. The maximum absolute atomic E-state index is 14.9. The molecule has 0 bridgehead atoms. The number of rotatable bonds is 9. The summed E-state index contributed by atoms with van der Waals surface area (Å²) in [6.45, 7) is 5.52. The summed E-state index contributed by atoms with van der Waals surface area (Å²) >= 11 is 12.5. The first kappa shape index (κ1) is 31.6. The maximum Gasteiger partial charge on any atom is 0.262 e. The van der Waals surface area contributed by atoms with Crippen LogP contribution in [0.25, 0.3) is 0 Å². The summed E-state index contributed by atoms with van der Waals surface area (Å²) in [5.41, 5.74) is 0.963. The minimum Gasteiger partial charge on any atom is -0.494 e. The van der Waals surface area contributed by atoms with Gasteiger partial charge in [0.25, 0.3) is 5.91 Å². The van der Waals surface area contributed by atoms with Crippen LogP contribution < -0.4 is 20.1 Å². The number of sulfonamides is 1. The van der Waals surface area contributed by atoms with Crippen LogP contribution in [-0.4, -0.2) is 69.2 Å². The molecule has 0 saturated carbocycles. The van der Waals surface area contributed by atoms with Crippen LogP contribution in [0.2, 0.25) is 10.0 Å². The zero-order valence-corrected chi connectivity index (χ0v) is 26.7. The largest absolute Gasteiger partial charge is 0.494 e. The highest BCUT2D eigenvalue weighted by Crippen LogP contribution is 2.45. The second-order valence-electron chi connectivity index (χ2n) is 10.6. The van der Waals surface area contributed by atoms with Crippen LogP contribution >= 0.6 is 23.2 Å². The summed E-state index contributed by atoms with van der Waals surface area (Å²) in [4.78, 5) is 16.6. The number of piperazine rings is 1. The van der Waals surface area contributed by atoms with E-state index in [9.17, 15) is 13.2 Å². The second kappa shape index (κ2) is 13.0. The van der Waals surface area contributed by atoms with Crippen molar-refractivity contribution >= 4 is 39.1 Å². The number of benzene rings is 3. The molecule has 0 spiro atoms. The number of carbonyl (C=O) groups is 1. The van der Waals surface area contributed by atoms with Gasteiger partial charge in [-0.2, -0.15) is 4.31 Å². The molecule has 2 N–H and O–H groups in total. The Balaban J connectivity index is 1.66. The summed E-state index contributed by atoms with van der Waals surface area (Å²) < 4.78 is 37.8. The Morgan fingerprint density at radius 3 is 1.81 bits per heavy atom. The van der Waals surface area contributed by atoms with Gasteiger partial charge < -0.3 is 14.4 Å². The van der Waals surface area contributed by atoms with E-state index in [0.29, 0.717) is 40.3 Å². The van der Waals surface area contributed by atoms with Crippen LogP contribution in [0.1, 0.15) is 42.6 Å². The molecule has 2 unspecified atom stereocenters. The molecule has 3 aromatic rings. The molecule has 43 heavy (non-hydrogen) atoms. The van der Waals surface area contributed by atoms with Gasteiger partial charge in [0.15, 0.2) is 5.66 Å². The Kier molecular flexibility index (Phi) is 9.55. The number of nitrogens with one attached hydrogen (secondary N) is 2. The Hall–Kier alpha value is -2.86. The van der Waals surface area contributed by atoms with Crippen LogP contribution in [0.5, 0.6) is 11.5 Å². The van der Waals surface area contributed by atoms with E-state index in [4.69, 9.17) is 32.7 Å². The van der Waals surface area contributed by atoms with Crippen molar-refractivity contribution in [2.45, 2.75) is 31.6 Å². The van der Waals surface area contributed by atoms with Crippen LogP contribution in [0, 0.1) is 0 Å². The van der Waals surface area contributed by atoms with Crippen molar-refractivity contribution in [3.63, 3.8) is 0 Å². The molecular formula is C31H36Cl2N4O5S. The fraction of sp³-hybridized carbons (Fsp3) is 0.387. The Morgan fingerprint density at radius 2 is 1.35 bits per heavy atom. The number of ether oxygens (including phenoxy) is 2. The normalized spacial score (nSPS) is 22.9. The number of carbonyl (C=O) groups excluding carboxylic acids is 1. The molecular weight excluding hydrogens is 611 g/mol. The molecule has 9 nitrogen and oxygen atoms in total. The highest BCUT2D eigenvalue weighted by Gasteiger charge is 2.54. The lowest BCUT2D eigenvalue weighted by atomic mass is 9.95. The van der Waals surface area contributed by atoms with Gasteiger partial charge in [0.1, 0.15) is 11.5 Å². The van der Waals surface area contributed by atoms with E-state index < -0.39 is 15.7 Å². The summed E-state index contributed by atoms with van der Waals surface area (Å²) in [5, 5.41) is 8.57. The fourth-order valence-electron chi connectivity index (χ4n) is 5.76. The van der Waals surface area contributed by atoms with Gasteiger partial charge in [-0.3, -0.25) is 15.4 Å². The van der Waals surface area contributed by atoms with Gasteiger partial charge in [0.2, 0.25) is 10.0 Å². The number of hydrogen-bond donors (Lipinski definition) is 2. The molecule has 2 fully saturated rings. The first-order valence-electron chi connectivity index (χ1n) is 14.3. The van der Waals surface area contributed by atoms with E-state index in [1.807, 2.05) is 80.6 Å². The highest BCUT2D eigenvalue weighted by atomic mass is 35.5. The first-order chi connectivity index (χ1) is 20.6. The predicted molar refractivity (Wildman–Crippen MR) is 168 cm³/mol. The third kappa shape index (κ3) is 6.64. The molecule has 2 atom stereocenters. The predicted octanol–water partition coefficient (Wildman–Crippen LogP) is 4.72. The quantitative estimate of drug-likeness (QED) is 0.347. The zero-order valence-electron chi connectivity index (χ0n) is 24.3. The van der Waals surface area contributed by atoms with Crippen molar-refractivity contribution in [3.05, 3.63) is 93.5 Å². The van der Waals surface area contributed by atoms with Gasteiger partial charge in [0.05, 0.1) is 31.6 Å². The van der Waals surface area contributed by atoms with Gasteiger partial charge in [-0.1, -0.05) is 47.5 Å². The van der Waals surface area contributed by atoms with E-state index >= 15 is 0 Å². The van der Waals surface area contributed by atoms with Crippen molar-refractivity contribution in [2.75, 3.05) is 45.6 Å². The van der Waals surface area contributed by atoms with Gasteiger partial charge >= 0.3 is 0 Å². The lowest BCUT2D eigenvalue weighted by Gasteiger charge is -2.40. The summed E-state index contributed by atoms with van der Waals surface area (Å²) in [6.07, 6.45) is 1.19. The second-order valence-corrected chi connectivity index (χ2v) is 13.4. The minimum absolute atomic E-state index is 0.208. The van der Waals surface area contributed by atoms with Crippen molar-refractivity contribution in [3.8, 4) is 11.5 Å². The average Bonchev–Trinajstić information content (AvgIpc) is 3.40. The first-order valence-corrected chi connectivity index (χ1v) is 16.9. The smallest absolute Gasteiger partial charge is 0.262 e. The standard InChI is InChI=1S/C31H36Cl2N4O5S/c1-4-41-25-14-15-27(42-5-2)26(20-25)31(30(38)36-16-18-37(19-17-36)43(3,39)40)34-28(21-6-10-23(32)11-7-21)29(35-31)22-8-12-24(33)13-9-22/h6-15,20,28-29,34-35H,4-5,16-19H2,1-3H3. The monoisotopic (exact) mass is 646 g/mol. The van der Waals surface area contributed by atoms with E-state index in [1.165, 1.54) is 10.6 Å². The topological polar surface area (TPSA) is 100 Å². The third-order valence-electron chi connectivity index (χ3n) is 7.82. The molecule has 2 aliphatic rings. The van der Waals surface area contributed by atoms with Crippen molar-refractivity contribution < 1.29 is 22.7 Å². The number of halogens is 2. The van der Waals surface area contributed by atoms with Gasteiger partial charge in [0, 0.05) is 41.8 Å². The van der Waals surface area contributed by atoms with Gasteiger partial charge in [-0.15, -0.1) is 0 Å². The summed E-state index contributed by atoms with van der Waals surface area (Å²) in [6, 6.07) is 19.8. The Morgan fingerprint density at radius 1 is 0.837 bits per heavy atom. The fourth-order valence-corrected chi connectivity index (χ4v) is 6.84. The molecule has 12 heteroatoms. The number of hydrogen-bond acceptors (Lipinski definition) is 7. The van der Waals surface area contributed by atoms with Crippen molar-refractivity contribution in [2.24, 2.45) is 0 Å². The lowest BCUT2D eigenvalue weighted by Crippen LogP contribution is -2.62. The van der Waals surface area contributed by atoms with Gasteiger partial charge in [-0.05, 0) is 67.4 Å². The van der Waals surface area contributed by atoms with E-state index in [-0.39, 0.29) is 44.2 Å².